The molecule has 0 aliphatic rings. The van der Waals surface area contributed by atoms with E-state index in [1.165, 1.54) is 24.3 Å². The molecule has 4 N–H and O–H groups in total. The molecule has 23 heavy (non-hydrogen) atoms. The molecule has 0 radical (unpaired) electrons. The van der Waals surface area contributed by atoms with Crippen molar-refractivity contribution in [3.8, 4) is 0 Å². The van der Waals surface area contributed by atoms with Crippen LogP contribution in [0.1, 0.15) is 0 Å². The molecule has 0 spiro atoms. The van der Waals surface area contributed by atoms with Crippen LogP contribution in [0, 0.1) is 0 Å². The summed E-state index contributed by atoms with van der Waals surface area (Å²) in [5.74, 6) is 0. The molecule has 2 rings (SSSR count). The maximum absolute atomic E-state index is 12.1. The van der Waals surface area contributed by atoms with Crippen molar-refractivity contribution in [3.05, 3.63) is 54.6 Å². The van der Waals surface area contributed by atoms with Crippen molar-refractivity contribution in [1.29, 1.82) is 0 Å². The second-order valence-electron chi connectivity index (χ2n) is 4.65. The van der Waals surface area contributed by atoms with Crippen LogP contribution in [-0.4, -0.2) is 29.9 Å². The summed E-state index contributed by atoms with van der Waals surface area (Å²) in [6, 6.07) is 13.9. The Morgan fingerprint density at radius 2 is 1.26 bits per heavy atom. The van der Waals surface area contributed by atoms with Crippen LogP contribution in [0.2, 0.25) is 0 Å². The third-order valence-electron chi connectivity index (χ3n) is 2.97. The maximum atomic E-state index is 12.1. The Morgan fingerprint density at radius 1 is 0.739 bits per heavy atom. The molecular weight excluding hydrogens is 338 g/mol. The zero-order valence-electron chi connectivity index (χ0n) is 12.1. The molecule has 0 atom stereocenters. The number of hydrogen-bond acceptors (Lipinski definition) is 5. The highest BCUT2D eigenvalue weighted by Crippen LogP contribution is 2.16. The lowest BCUT2D eigenvalue weighted by Crippen LogP contribution is -2.34. The van der Waals surface area contributed by atoms with E-state index < -0.39 is 20.0 Å². The molecule has 0 unspecified atom stereocenters. The van der Waals surface area contributed by atoms with Crippen molar-refractivity contribution in [2.75, 3.05) is 18.8 Å². The summed E-state index contributed by atoms with van der Waals surface area (Å²) in [5, 5.41) is 0. The fourth-order valence-electron chi connectivity index (χ4n) is 1.86. The molecule has 7 nitrogen and oxygen atoms in total. The number of nitrogen functional groups attached to an aromatic ring is 1. The smallest absolute Gasteiger partial charge is 0.242 e. The van der Waals surface area contributed by atoms with Gasteiger partial charge in [0.2, 0.25) is 20.0 Å². The van der Waals surface area contributed by atoms with E-state index in [9.17, 15) is 16.8 Å². The van der Waals surface area contributed by atoms with Gasteiger partial charge in [0, 0.05) is 13.1 Å². The van der Waals surface area contributed by atoms with Crippen LogP contribution in [0.5, 0.6) is 0 Å². The van der Waals surface area contributed by atoms with Gasteiger partial charge in [0.1, 0.15) is 4.90 Å². The van der Waals surface area contributed by atoms with Crippen LogP contribution in [0.15, 0.2) is 64.4 Å². The number of rotatable bonds is 7. The van der Waals surface area contributed by atoms with Gasteiger partial charge in [0.25, 0.3) is 0 Å². The summed E-state index contributed by atoms with van der Waals surface area (Å²) in [6.45, 7) is -0.175. The summed E-state index contributed by atoms with van der Waals surface area (Å²) in [5.41, 5.74) is 5.76. The van der Waals surface area contributed by atoms with Gasteiger partial charge in [-0.15, -0.1) is 0 Å². The van der Waals surface area contributed by atoms with E-state index in [1.807, 2.05) is 0 Å². The molecule has 124 valence electrons. The summed E-state index contributed by atoms with van der Waals surface area (Å²) >= 11 is 0. The van der Waals surface area contributed by atoms with Crippen LogP contribution >= 0.6 is 0 Å². The number of para-hydroxylation sites is 1. The molecule has 0 heterocycles. The van der Waals surface area contributed by atoms with Gasteiger partial charge in [-0.1, -0.05) is 30.3 Å². The monoisotopic (exact) mass is 355 g/mol. The Hall–Kier alpha value is -1.94. The van der Waals surface area contributed by atoms with Gasteiger partial charge in [-0.3, -0.25) is 0 Å². The van der Waals surface area contributed by atoms with Crippen molar-refractivity contribution in [3.63, 3.8) is 0 Å². The SMILES string of the molecule is Nc1ccccc1S(=O)(=O)NCCNS(=O)(=O)c1ccccc1. The largest absolute Gasteiger partial charge is 0.398 e. The lowest BCUT2D eigenvalue weighted by Gasteiger charge is -2.10. The van der Waals surface area contributed by atoms with Gasteiger partial charge in [-0.25, -0.2) is 26.3 Å². The number of anilines is 1. The molecule has 2 aromatic rings. The number of hydrogen-bond donors (Lipinski definition) is 3. The first-order valence-electron chi connectivity index (χ1n) is 6.72. The molecule has 0 fully saturated rings. The lowest BCUT2D eigenvalue weighted by molar-refractivity contribution is 0.571. The summed E-state index contributed by atoms with van der Waals surface area (Å²) < 4.78 is 52.7. The summed E-state index contributed by atoms with van der Waals surface area (Å²) in [7, 11) is -7.44. The quantitative estimate of drug-likeness (QED) is 0.494. The highest BCUT2D eigenvalue weighted by Gasteiger charge is 2.17. The van der Waals surface area contributed by atoms with E-state index in [2.05, 4.69) is 9.44 Å². The minimum atomic E-state index is -3.78. The van der Waals surface area contributed by atoms with Crippen molar-refractivity contribution in [2.45, 2.75) is 9.79 Å². The molecule has 0 aromatic heterocycles. The lowest BCUT2D eigenvalue weighted by atomic mass is 10.3. The summed E-state index contributed by atoms with van der Waals surface area (Å²) in [4.78, 5) is 0.0843. The average Bonchev–Trinajstić information content (AvgIpc) is 2.53. The van der Waals surface area contributed by atoms with Crippen LogP contribution in [0.3, 0.4) is 0 Å². The number of sulfonamides is 2. The fraction of sp³-hybridized carbons (Fsp3) is 0.143. The first kappa shape index (κ1) is 17.4. The number of nitrogens with two attached hydrogens (primary N) is 1. The predicted octanol–water partition coefficient (Wildman–Crippen LogP) is 0.526. The van der Waals surface area contributed by atoms with Crippen LogP contribution in [-0.2, 0) is 20.0 Å². The van der Waals surface area contributed by atoms with E-state index in [0.717, 1.165) is 0 Å². The normalized spacial score (nSPS) is 12.2. The van der Waals surface area contributed by atoms with E-state index in [4.69, 9.17) is 5.73 Å². The Kier molecular flexibility index (Phi) is 5.37. The molecule has 0 aliphatic carbocycles. The standard InChI is InChI=1S/C14H17N3O4S2/c15-13-8-4-5-9-14(13)23(20,21)17-11-10-16-22(18,19)12-6-2-1-3-7-12/h1-9,16-17H,10-11,15H2. The average molecular weight is 355 g/mol. The highest BCUT2D eigenvalue weighted by atomic mass is 32.2. The topological polar surface area (TPSA) is 118 Å². The van der Waals surface area contributed by atoms with Crippen LogP contribution in [0.4, 0.5) is 5.69 Å². The zero-order chi connectivity index (χ0) is 16.9. The van der Waals surface area contributed by atoms with Gasteiger partial charge in [-0.2, -0.15) is 0 Å². The first-order chi connectivity index (χ1) is 10.8. The Bertz CT molecular complexity index is 866. The van der Waals surface area contributed by atoms with Crippen molar-refractivity contribution < 1.29 is 16.8 Å². The van der Waals surface area contributed by atoms with Crippen LogP contribution < -0.4 is 15.2 Å². The Morgan fingerprint density at radius 3 is 1.87 bits per heavy atom. The van der Waals surface area contributed by atoms with Gasteiger partial charge >= 0.3 is 0 Å². The molecule has 0 amide bonds. The van der Waals surface area contributed by atoms with Crippen molar-refractivity contribution >= 4 is 25.7 Å². The van der Waals surface area contributed by atoms with E-state index in [1.54, 1.807) is 30.3 Å². The van der Waals surface area contributed by atoms with Gasteiger partial charge < -0.3 is 5.73 Å². The third kappa shape index (κ3) is 4.52. The van der Waals surface area contributed by atoms with E-state index in [0.29, 0.717) is 0 Å². The molecule has 2 aromatic carbocycles. The number of benzene rings is 2. The molecule has 0 saturated carbocycles. The fourth-order valence-corrected chi connectivity index (χ4v) is 4.07. The maximum Gasteiger partial charge on any atom is 0.242 e. The number of nitrogens with one attached hydrogen (secondary N) is 2. The molecule has 0 saturated heterocycles. The van der Waals surface area contributed by atoms with Crippen molar-refractivity contribution in [2.24, 2.45) is 0 Å². The molecule has 9 heteroatoms. The Balaban J connectivity index is 1.94. The summed E-state index contributed by atoms with van der Waals surface area (Å²) in [6.07, 6.45) is 0. The van der Waals surface area contributed by atoms with E-state index >= 15 is 0 Å². The zero-order valence-corrected chi connectivity index (χ0v) is 13.8. The Labute approximate surface area is 135 Å². The van der Waals surface area contributed by atoms with E-state index in [-0.39, 0.29) is 28.6 Å². The van der Waals surface area contributed by atoms with Gasteiger partial charge in [-0.05, 0) is 24.3 Å². The first-order valence-corrected chi connectivity index (χ1v) is 9.68. The van der Waals surface area contributed by atoms with Gasteiger partial charge in [0.15, 0.2) is 0 Å². The van der Waals surface area contributed by atoms with Gasteiger partial charge in [0.05, 0.1) is 10.6 Å². The third-order valence-corrected chi connectivity index (χ3v) is 5.98. The van der Waals surface area contributed by atoms with Crippen molar-refractivity contribution in [1.82, 2.24) is 9.44 Å². The highest BCUT2D eigenvalue weighted by molar-refractivity contribution is 7.90. The van der Waals surface area contributed by atoms with Crippen LogP contribution in [0.25, 0.3) is 0 Å². The second kappa shape index (κ2) is 7.09. The predicted molar refractivity (Wildman–Crippen MR) is 87.7 cm³/mol. The molecular formula is C14H17N3O4S2. The molecule has 0 bridgehead atoms. The minimum Gasteiger partial charge on any atom is -0.398 e. The second-order valence-corrected chi connectivity index (χ2v) is 8.15. The molecule has 0 aliphatic heterocycles. The minimum absolute atomic E-state index is 0.0362.